The van der Waals surface area contributed by atoms with Gasteiger partial charge in [-0.1, -0.05) is 32.9 Å². The molecule has 1 amide bonds. The lowest BCUT2D eigenvalue weighted by atomic mass is 9.43. The van der Waals surface area contributed by atoms with E-state index in [1.807, 2.05) is 0 Å². The maximum atomic E-state index is 13.0. The molecule has 1 aromatic carbocycles. The third-order valence-electron chi connectivity index (χ3n) is 11.6. The highest BCUT2D eigenvalue weighted by molar-refractivity contribution is 5.82. The Bertz CT molecular complexity index is 1030. The Balaban J connectivity index is 1.22. The Morgan fingerprint density at radius 3 is 2.58 bits per heavy atom. The molecule has 0 unspecified atom stereocenters. The topological polar surface area (TPSA) is 102 Å². The summed E-state index contributed by atoms with van der Waals surface area (Å²) in [6.45, 7) is 6.80. The van der Waals surface area contributed by atoms with Gasteiger partial charge in [-0.3, -0.25) is 4.79 Å². The predicted octanol–water partition coefficient (Wildman–Crippen LogP) is 4.65. The fraction of sp³-hybridized carbons (Fsp3) is 0.742. The average Bonchev–Trinajstić information content (AvgIpc) is 3.24. The molecule has 210 valence electrons. The van der Waals surface area contributed by atoms with Crippen LogP contribution >= 0.6 is 0 Å². The van der Waals surface area contributed by atoms with Gasteiger partial charge >= 0.3 is 0 Å². The first-order chi connectivity index (χ1) is 18.0. The molecule has 0 heterocycles. The number of carbonyl (C=O) groups is 1. The molecule has 1 aromatic rings. The van der Waals surface area contributed by atoms with Crippen LogP contribution < -0.4 is 5.43 Å². The second-order valence-electron chi connectivity index (χ2n) is 13.4. The molecule has 0 bridgehead atoms. The highest BCUT2D eigenvalue weighted by atomic mass is 19.1. The van der Waals surface area contributed by atoms with Crippen LogP contribution in [0.3, 0.4) is 0 Å². The van der Waals surface area contributed by atoms with Crippen LogP contribution in [-0.2, 0) is 4.79 Å². The van der Waals surface area contributed by atoms with Crippen molar-refractivity contribution < 1.29 is 24.5 Å². The third-order valence-corrected chi connectivity index (χ3v) is 11.6. The lowest BCUT2D eigenvalue weighted by Gasteiger charge is -2.63. The normalized spacial score (nSPS) is 43.2. The maximum absolute atomic E-state index is 13.0. The summed E-state index contributed by atoms with van der Waals surface area (Å²) in [4.78, 5) is 12.5. The number of halogens is 1. The van der Waals surface area contributed by atoms with E-state index in [0.717, 1.165) is 44.9 Å². The number of aliphatic hydroxyl groups excluding tert-OH is 3. The second kappa shape index (κ2) is 10.6. The largest absolute Gasteiger partial charge is 0.393 e. The van der Waals surface area contributed by atoms with E-state index in [0.29, 0.717) is 30.2 Å². The average molecular weight is 529 g/mol. The zero-order valence-electron chi connectivity index (χ0n) is 23.0. The van der Waals surface area contributed by atoms with Crippen molar-refractivity contribution in [3.8, 4) is 0 Å². The Labute approximate surface area is 226 Å². The van der Waals surface area contributed by atoms with Crippen LogP contribution in [0.5, 0.6) is 0 Å². The summed E-state index contributed by atoms with van der Waals surface area (Å²) in [5, 5.41) is 37.4. The summed E-state index contributed by atoms with van der Waals surface area (Å²) < 4.78 is 13.0. The summed E-state index contributed by atoms with van der Waals surface area (Å²) in [5.41, 5.74) is 3.09. The number of aliphatic hydroxyl groups is 3. The molecule has 38 heavy (non-hydrogen) atoms. The van der Waals surface area contributed by atoms with Gasteiger partial charge in [0.25, 0.3) is 0 Å². The first-order valence-electron chi connectivity index (χ1n) is 14.7. The molecule has 0 aliphatic heterocycles. The summed E-state index contributed by atoms with van der Waals surface area (Å²) in [6, 6.07) is 5.91. The Morgan fingerprint density at radius 1 is 1.11 bits per heavy atom. The maximum Gasteiger partial charge on any atom is 0.240 e. The highest BCUT2D eigenvalue weighted by Crippen LogP contribution is 2.68. The monoisotopic (exact) mass is 528 g/mol. The molecule has 4 aliphatic carbocycles. The molecule has 4 aliphatic rings. The number of nitrogens with one attached hydrogen (secondary N) is 1. The van der Waals surface area contributed by atoms with Crippen LogP contribution in [0.2, 0.25) is 0 Å². The van der Waals surface area contributed by atoms with Gasteiger partial charge < -0.3 is 15.3 Å². The van der Waals surface area contributed by atoms with Crippen molar-refractivity contribution in [3.63, 3.8) is 0 Å². The van der Waals surface area contributed by atoms with Crippen molar-refractivity contribution in [2.45, 2.75) is 96.9 Å². The summed E-state index contributed by atoms with van der Waals surface area (Å²) >= 11 is 0. The number of carbonyl (C=O) groups excluding carboxylic acids is 1. The molecule has 5 rings (SSSR count). The van der Waals surface area contributed by atoms with Gasteiger partial charge in [-0.15, -0.1) is 0 Å². The second-order valence-corrected chi connectivity index (χ2v) is 13.4. The zero-order valence-corrected chi connectivity index (χ0v) is 23.0. The van der Waals surface area contributed by atoms with E-state index in [1.54, 1.807) is 12.1 Å². The summed E-state index contributed by atoms with van der Waals surface area (Å²) in [6.07, 6.45) is 7.58. The van der Waals surface area contributed by atoms with Crippen molar-refractivity contribution in [1.29, 1.82) is 0 Å². The van der Waals surface area contributed by atoms with Crippen LogP contribution in [0.4, 0.5) is 4.39 Å². The lowest BCUT2D eigenvalue weighted by Crippen LogP contribution is -2.62. The van der Waals surface area contributed by atoms with Crippen molar-refractivity contribution in [3.05, 3.63) is 35.6 Å². The molecule has 4 fully saturated rings. The quantitative estimate of drug-likeness (QED) is 0.319. The van der Waals surface area contributed by atoms with E-state index in [9.17, 15) is 24.5 Å². The molecular weight excluding hydrogens is 483 g/mol. The first-order valence-corrected chi connectivity index (χ1v) is 14.7. The van der Waals surface area contributed by atoms with Crippen LogP contribution in [0.25, 0.3) is 0 Å². The smallest absolute Gasteiger partial charge is 0.240 e. The number of hydrazone groups is 1. The van der Waals surface area contributed by atoms with Gasteiger partial charge in [-0.05, 0) is 115 Å². The summed E-state index contributed by atoms with van der Waals surface area (Å²) in [5.74, 6) is 1.17. The molecular formula is C31H45FN2O4. The summed E-state index contributed by atoms with van der Waals surface area (Å²) in [7, 11) is 0. The molecule has 7 heteroatoms. The van der Waals surface area contributed by atoms with Gasteiger partial charge in [0.15, 0.2) is 0 Å². The van der Waals surface area contributed by atoms with E-state index < -0.39 is 6.10 Å². The number of hydrogen-bond acceptors (Lipinski definition) is 5. The van der Waals surface area contributed by atoms with Crippen molar-refractivity contribution in [2.24, 2.45) is 51.4 Å². The van der Waals surface area contributed by atoms with Crippen molar-refractivity contribution in [2.75, 3.05) is 0 Å². The SMILES string of the molecule is C[C@H](CCC(=O)N/N=C/c1ccc(F)cc1)[C@H]1CC[C@H]2[C@@H]3[C@H](O)C[C@@H]4C[C@H](O)CC[C@]4(C)[C@H]3C[C@H](O)[C@]12C. The number of fused-ring (bicyclic) bond motifs is 5. The van der Waals surface area contributed by atoms with E-state index in [2.05, 4.69) is 31.3 Å². The van der Waals surface area contributed by atoms with Crippen molar-refractivity contribution in [1.82, 2.24) is 5.43 Å². The molecule has 11 atom stereocenters. The number of amides is 1. The minimum atomic E-state index is -0.424. The van der Waals surface area contributed by atoms with Gasteiger partial charge in [0, 0.05) is 6.42 Å². The molecule has 0 saturated heterocycles. The highest BCUT2D eigenvalue weighted by Gasteiger charge is 2.65. The van der Waals surface area contributed by atoms with Gasteiger partial charge in [0.2, 0.25) is 5.91 Å². The molecule has 0 spiro atoms. The van der Waals surface area contributed by atoms with Gasteiger partial charge in [-0.25, -0.2) is 9.82 Å². The van der Waals surface area contributed by atoms with Gasteiger partial charge in [0.05, 0.1) is 24.5 Å². The molecule has 6 nitrogen and oxygen atoms in total. The van der Waals surface area contributed by atoms with Crippen LogP contribution in [0.15, 0.2) is 29.4 Å². The zero-order chi connectivity index (χ0) is 27.2. The third kappa shape index (κ3) is 4.84. The number of rotatable bonds is 6. The van der Waals surface area contributed by atoms with Gasteiger partial charge in [0.1, 0.15) is 5.82 Å². The predicted molar refractivity (Wildman–Crippen MR) is 145 cm³/mol. The Hall–Kier alpha value is -1.83. The molecule has 0 radical (unpaired) electrons. The number of nitrogens with zero attached hydrogens (tertiary/aromatic N) is 1. The van der Waals surface area contributed by atoms with Crippen LogP contribution in [-0.4, -0.2) is 45.8 Å². The fourth-order valence-corrected chi connectivity index (χ4v) is 9.48. The Morgan fingerprint density at radius 2 is 1.84 bits per heavy atom. The van der Waals surface area contributed by atoms with E-state index in [1.165, 1.54) is 18.3 Å². The van der Waals surface area contributed by atoms with Gasteiger partial charge in [-0.2, -0.15) is 5.10 Å². The fourth-order valence-electron chi connectivity index (χ4n) is 9.48. The minimum absolute atomic E-state index is 0.0711. The van der Waals surface area contributed by atoms with Crippen molar-refractivity contribution >= 4 is 12.1 Å². The van der Waals surface area contributed by atoms with E-state index in [-0.39, 0.29) is 58.4 Å². The number of hydrogen-bond donors (Lipinski definition) is 4. The molecule has 0 aromatic heterocycles. The van der Waals surface area contributed by atoms with Crippen LogP contribution in [0, 0.1) is 52.2 Å². The number of benzene rings is 1. The van der Waals surface area contributed by atoms with E-state index in [4.69, 9.17) is 0 Å². The molecule has 4 saturated carbocycles. The van der Waals surface area contributed by atoms with E-state index >= 15 is 0 Å². The molecule has 4 N–H and O–H groups in total. The standard InChI is InChI=1S/C31H45FN2O4/c1-18(4-11-28(38)34-33-17-19-5-7-21(32)8-6-19)23-9-10-24-29-25(16-27(37)31(23,24)3)30(2)13-12-22(35)14-20(30)15-26(29)36/h5-8,17-18,20,22-27,29,35-37H,4,9-16H2,1-3H3,(H,34,38)/b33-17+/t18-,20+,22-,23-,24+,25+,26-,27+,29+,30+,31-/m1/s1. The lowest BCUT2D eigenvalue weighted by molar-refractivity contribution is -0.207. The first kappa shape index (κ1) is 27.7. The Kier molecular flexibility index (Phi) is 7.75. The van der Waals surface area contributed by atoms with Crippen LogP contribution in [0.1, 0.15) is 84.1 Å². The minimum Gasteiger partial charge on any atom is -0.393 e.